The molecule has 1 aromatic heterocycles. The number of aryl methyl sites for hydroxylation is 1. The standard InChI is InChI=1S/C16H18N2O3/c1-10-6-7-11-4-3-5-14(15(11)18-10)21-12-8-13(17-9-12)16(19)20-2/h3-7,12-13,17H,8-9H2,1-2H3/t12-,13-/m0/s1. The van der Waals surface area contributed by atoms with Crippen LogP contribution < -0.4 is 10.1 Å². The monoisotopic (exact) mass is 286 g/mol. The van der Waals surface area contributed by atoms with Crippen LogP contribution in [0.15, 0.2) is 30.3 Å². The summed E-state index contributed by atoms with van der Waals surface area (Å²) in [7, 11) is 1.40. The average molecular weight is 286 g/mol. The molecule has 0 spiro atoms. The van der Waals surface area contributed by atoms with Gasteiger partial charge >= 0.3 is 5.97 Å². The molecule has 0 amide bonds. The highest BCUT2D eigenvalue weighted by Gasteiger charge is 2.31. The van der Waals surface area contributed by atoms with E-state index in [1.807, 2.05) is 37.3 Å². The number of esters is 1. The molecule has 5 nitrogen and oxygen atoms in total. The molecule has 1 fully saturated rings. The van der Waals surface area contributed by atoms with Crippen molar-refractivity contribution >= 4 is 16.9 Å². The summed E-state index contributed by atoms with van der Waals surface area (Å²) in [6.07, 6.45) is 0.552. The van der Waals surface area contributed by atoms with Gasteiger partial charge in [-0.3, -0.25) is 4.79 Å². The Morgan fingerprint density at radius 3 is 3.00 bits per heavy atom. The topological polar surface area (TPSA) is 60.5 Å². The van der Waals surface area contributed by atoms with E-state index in [1.165, 1.54) is 7.11 Å². The van der Waals surface area contributed by atoms with Gasteiger partial charge in [0.05, 0.1) is 7.11 Å². The number of fused-ring (bicyclic) bond motifs is 1. The summed E-state index contributed by atoms with van der Waals surface area (Å²) in [5.41, 5.74) is 1.81. The summed E-state index contributed by atoms with van der Waals surface area (Å²) in [5, 5.41) is 4.17. The highest BCUT2D eigenvalue weighted by Crippen LogP contribution is 2.26. The molecular formula is C16H18N2O3. The van der Waals surface area contributed by atoms with Crippen LogP contribution in [0.2, 0.25) is 0 Å². The molecule has 0 saturated carbocycles. The molecule has 0 radical (unpaired) electrons. The van der Waals surface area contributed by atoms with Crippen LogP contribution >= 0.6 is 0 Å². The van der Waals surface area contributed by atoms with Gasteiger partial charge in [0.2, 0.25) is 0 Å². The van der Waals surface area contributed by atoms with Crippen LogP contribution in [0.4, 0.5) is 0 Å². The van der Waals surface area contributed by atoms with E-state index in [1.54, 1.807) is 0 Å². The number of benzene rings is 1. The molecule has 2 heterocycles. The van der Waals surface area contributed by atoms with Crippen LogP contribution in [-0.2, 0) is 9.53 Å². The lowest BCUT2D eigenvalue weighted by molar-refractivity contribution is -0.142. The van der Waals surface area contributed by atoms with E-state index in [0.29, 0.717) is 13.0 Å². The average Bonchev–Trinajstić information content (AvgIpc) is 2.95. The van der Waals surface area contributed by atoms with Crippen LogP contribution in [0.25, 0.3) is 10.9 Å². The van der Waals surface area contributed by atoms with Gasteiger partial charge in [0.15, 0.2) is 0 Å². The van der Waals surface area contributed by atoms with E-state index in [-0.39, 0.29) is 18.1 Å². The van der Waals surface area contributed by atoms with Gasteiger partial charge in [-0.15, -0.1) is 0 Å². The number of hydrogen-bond acceptors (Lipinski definition) is 5. The first kappa shape index (κ1) is 13.8. The van der Waals surface area contributed by atoms with Crippen molar-refractivity contribution in [1.82, 2.24) is 10.3 Å². The number of methoxy groups -OCH3 is 1. The Hall–Kier alpha value is -2.14. The number of carbonyl (C=O) groups excluding carboxylic acids is 1. The Balaban J connectivity index is 1.80. The van der Waals surface area contributed by atoms with Gasteiger partial charge in [-0.05, 0) is 19.1 Å². The maximum absolute atomic E-state index is 11.5. The van der Waals surface area contributed by atoms with Crippen molar-refractivity contribution in [2.24, 2.45) is 0 Å². The number of carbonyl (C=O) groups is 1. The Labute approximate surface area is 123 Å². The minimum atomic E-state index is -0.287. The summed E-state index contributed by atoms with van der Waals surface area (Å²) in [4.78, 5) is 16.1. The summed E-state index contributed by atoms with van der Waals surface area (Å²) in [5.74, 6) is 0.515. The van der Waals surface area contributed by atoms with Crippen molar-refractivity contribution in [3.05, 3.63) is 36.0 Å². The van der Waals surface area contributed by atoms with E-state index >= 15 is 0 Å². The molecule has 1 N–H and O–H groups in total. The first-order valence-corrected chi connectivity index (χ1v) is 7.01. The van der Waals surface area contributed by atoms with E-state index in [4.69, 9.17) is 9.47 Å². The van der Waals surface area contributed by atoms with Crippen molar-refractivity contribution < 1.29 is 14.3 Å². The van der Waals surface area contributed by atoms with Crippen LogP contribution in [0.3, 0.4) is 0 Å². The van der Waals surface area contributed by atoms with E-state index < -0.39 is 0 Å². The molecule has 1 aliphatic rings. The number of rotatable bonds is 3. The van der Waals surface area contributed by atoms with Crippen molar-refractivity contribution in [3.63, 3.8) is 0 Å². The molecule has 3 rings (SSSR count). The maximum Gasteiger partial charge on any atom is 0.323 e. The molecular weight excluding hydrogens is 268 g/mol. The SMILES string of the molecule is COC(=O)[C@@H]1C[C@H](Oc2cccc3ccc(C)nc23)CN1. The highest BCUT2D eigenvalue weighted by molar-refractivity contribution is 5.84. The lowest BCUT2D eigenvalue weighted by Crippen LogP contribution is -2.31. The normalized spacial score (nSPS) is 21.4. The number of nitrogens with one attached hydrogen (secondary N) is 1. The number of hydrogen-bond donors (Lipinski definition) is 1. The van der Waals surface area contributed by atoms with Crippen LogP contribution in [0, 0.1) is 6.92 Å². The van der Waals surface area contributed by atoms with Gasteiger partial charge in [-0.25, -0.2) is 4.98 Å². The Morgan fingerprint density at radius 2 is 2.19 bits per heavy atom. The van der Waals surface area contributed by atoms with Gasteiger partial charge in [0.1, 0.15) is 23.4 Å². The van der Waals surface area contributed by atoms with Crippen molar-refractivity contribution in [1.29, 1.82) is 0 Å². The number of nitrogens with zero attached hydrogens (tertiary/aromatic N) is 1. The molecule has 1 aromatic carbocycles. The van der Waals surface area contributed by atoms with Crippen LogP contribution in [-0.4, -0.2) is 36.8 Å². The van der Waals surface area contributed by atoms with Gasteiger partial charge in [0.25, 0.3) is 0 Å². The van der Waals surface area contributed by atoms with Gasteiger partial charge in [-0.1, -0.05) is 18.2 Å². The van der Waals surface area contributed by atoms with Gasteiger partial charge in [-0.2, -0.15) is 0 Å². The minimum absolute atomic E-state index is 0.0537. The second-order valence-corrected chi connectivity index (χ2v) is 5.24. The molecule has 110 valence electrons. The van der Waals surface area contributed by atoms with Crippen LogP contribution in [0.1, 0.15) is 12.1 Å². The number of ether oxygens (including phenoxy) is 2. The molecule has 1 aliphatic heterocycles. The smallest absolute Gasteiger partial charge is 0.323 e. The summed E-state index contributed by atoms with van der Waals surface area (Å²) >= 11 is 0. The fourth-order valence-electron chi connectivity index (χ4n) is 2.61. The minimum Gasteiger partial charge on any atom is -0.487 e. The molecule has 0 unspecified atom stereocenters. The fraction of sp³-hybridized carbons (Fsp3) is 0.375. The molecule has 21 heavy (non-hydrogen) atoms. The Bertz CT molecular complexity index is 672. The highest BCUT2D eigenvalue weighted by atomic mass is 16.5. The summed E-state index contributed by atoms with van der Waals surface area (Å²) < 4.78 is 10.8. The maximum atomic E-state index is 11.5. The number of aromatic nitrogens is 1. The third-order valence-corrected chi connectivity index (χ3v) is 3.69. The summed E-state index contributed by atoms with van der Waals surface area (Å²) in [6, 6.07) is 9.61. The predicted octanol–water partition coefficient (Wildman–Crippen LogP) is 1.83. The molecule has 2 aromatic rings. The van der Waals surface area contributed by atoms with Crippen molar-refractivity contribution in [3.8, 4) is 5.75 Å². The third-order valence-electron chi connectivity index (χ3n) is 3.69. The lowest BCUT2D eigenvalue weighted by Gasteiger charge is -2.14. The molecule has 5 heteroatoms. The van der Waals surface area contributed by atoms with Crippen molar-refractivity contribution in [2.75, 3.05) is 13.7 Å². The first-order valence-electron chi connectivity index (χ1n) is 7.01. The first-order chi connectivity index (χ1) is 10.2. The van der Waals surface area contributed by atoms with E-state index in [9.17, 15) is 4.79 Å². The second kappa shape index (κ2) is 5.69. The zero-order valence-electron chi connectivity index (χ0n) is 12.1. The fourth-order valence-corrected chi connectivity index (χ4v) is 2.61. The molecule has 2 atom stereocenters. The molecule has 1 saturated heterocycles. The van der Waals surface area contributed by atoms with E-state index in [0.717, 1.165) is 22.3 Å². The number of para-hydroxylation sites is 1. The second-order valence-electron chi connectivity index (χ2n) is 5.24. The zero-order chi connectivity index (χ0) is 14.8. The number of pyridine rings is 1. The largest absolute Gasteiger partial charge is 0.487 e. The predicted molar refractivity (Wildman–Crippen MR) is 79.3 cm³/mol. The van der Waals surface area contributed by atoms with Gasteiger partial charge < -0.3 is 14.8 Å². The zero-order valence-corrected chi connectivity index (χ0v) is 12.1. The van der Waals surface area contributed by atoms with Gasteiger partial charge in [0, 0.05) is 24.0 Å². The molecule has 0 aliphatic carbocycles. The summed E-state index contributed by atoms with van der Waals surface area (Å²) in [6.45, 7) is 2.59. The van der Waals surface area contributed by atoms with Crippen molar-refractivity contribution in [2.45, 2.75) is 25.5 Å². The quantitative estimate of drug-likeness (QED) is 0.872. The lowest BCUT2D eigenvalue weighted by atomic mass is 10.1. The Kier molecular flexibility index (Phi) is 3.75. The van der Waals surface area contributed by atoms with Crippen LogP contribution in [0.5, 0.6) is 5.75 Å². The third kappa shape index (κ3) is 2.83. The Morgan fingerprint density at radius 1 is 1.33 bits per heavy atom. The van der Waals surface area contributed by atoms with E-state index in [2.05, 4.69) is 10.3 Å². The molecule has 0 bridgehead atoms.